The van der Waals surface area contributed by atoms with Gasteiger partial charge in [0.05, 0.1) is 12.6 Å². The van der Waals surface area contributed by atoms with Crippen molar-refractivity contribution in [2.45, 2.75) is 38.9 Å². The first-order valence-electron chi connectivity index (χ1n) is 12.4. The van der Waals surface area contributed by atoms with Crippen LogP contribution >= 0.6 is 11.6 Å². The Balaban J connectivity index is 1.65. The van der Waals surface area contributed by atoms with Gasteiger partial charge >= 0.3 is 12.1 Å². The minimum atomic E-state index is -1.08. The van der Waals surface area contributed by atoms with E-state index in [1.807, 2.05) is 12.1 Å². The van der Waals surface area contributed by atoms with Crippen LogP contribution < -0.4 is 4.74 Å². The van der Waals surface area contributed by atoms with E-state index in [-0.39, 0.29) is 18.9 Å². The average molecular weight is 554 g/mol. The molecular formula is C30H32ClNO7. The lowest BCUT2D eigenvalue weighted by Gasteiger charge is -2.29. The van der Waals surface area contributed by atoms with E-state index in [1.165, 1.54) is 4.90 Å². The lowest BCUT2D eigenvalue weighted by molar-refractivity contribution is -0.139. The van der Waals surface area contributed by atoms with E-state index in [0.717, 1.165) is 5.56 Å². The summed E-state index contributed by atoms with van der Waals surface area (Å²) in [5.74, 6) is -0.910. The van der Waals surface area contributed by atoms with Gasteiger partial charge in [-0.25, -0.2) is 9.59 Å². The Morgan fingerprint density at radius 2 is 1.56 bits per heavy atom. The maximum absolute atomic E-state index is 12.9. The number of ether oxygens (including phenoxy) is 2. The van der Waals surface area contributed by atoms with Gasteiger partial charge in [0.25, 0.3) is 0 Å². The molecular weight excluding hydrogens is 522 g/mol. The van der Waals surface area contributed by atoms with Crippen molar-refractivity contribution in [2.75, 3.05) is 19.7 Å². The highest BCUT2D eigenvalue weighted by Gasteiger charge is 2.24. The molecule has 206 valence electrons. The monoisotopic (exact) mass is 553 g/mol. The largest absolute Gasteiger partial charge is 0.482 e. The summed E-state index contributed by atoms with van der Waals surface area (Å²) in [6.45, 7) is 5.20. The smallest absolute Gasteiger partial charge is 0.410 e. The van der Waals surface area contributed by atoms with Crippen LogP contribution in [0, 0.1) is 0 Å². The summed E-state index contributed by atoms with van der Waals surface area (Å²) in [7, 11) is 0. The number of hydrogen-bond donors (Lipinski definition) is 2. The van der Waals surface area contributed by atoms with Crippen molar-refractivity contribution in [3.05, 3.63) is 100 Å². The van der Waals surface area contributed by atoms with Crippen LogP contribution in [0.5, 0.6) is 5.75 Å². The highest BCUT2D eigenvalue weighted by molar-refractivity contribution is 6.30. The molecule has 2 N–H and O–H groups in total. The number of hydrogen-bond acceptors (Lipinski definition) is 6. The van der Waals surface area contributed by atoms with Crippen LogP contribution in [-0.4, -0.2) is 58.3 Å². The molecule has 1 atom stereocenters. The van der Waals surface area contributed by atoms with E-state index in [1.54, 1.807) is 81.4 Å². The van der Waals surface area contributed by atoms with Crippen molar-refractivity contribution in [2.24, 2.45) is 0 Å². The summed E-state index contributed by atoms with van der Waals surface area (Å²) >= 11 is 6.06. The number of carboxylic acids is 1. The topological polar surface area (TPSA) is 113 Å². The quantitative estimate of drug-likeness (QED) is 0.299. The number of amides is 1. The third-order valence-corrected chi connectivity index (χ3v) is 5.88. The molecule has 3 aromatic rings. The van der Waals surface area contributed by atoms with Crippen LogP contribution in [0.1, 0.15) is 53.9 Å². The zero-order valence-corrected chi connectivity index (χ0v) is 22.9. The second-order valence-electron chi connectivity index (χ2n) is 9.98. The fourth-order valence-corrected chi connectivity index (χ4v) is 3.91. The molecule has 0 bridgehead atoms. The number of rotatable bonds is 11. The normalized spacial score (nSPS) is 11.9. The molecule has 0 aromatic heterocycles. The molecule has 39 heavy (non-hydrogen) atoms. The third kappa shape index (κ3) is 9.42. The van der Waals surface area contributed by atoms with Crippen LogP contribution in [0.15, 0.2) is 72.8 Å². The molecule has 0 aliphatic carbocycles. The molecule has 0 aliphatic heterocycles. The SMILES string of the molecule is CC(C)(C)OC(=O)N(CCc1ccc(C(=O)c2ccc(OCC(=O)O)cc2)cc1)C[C@H](O)c1cccc(Cl)c1. The van der Waals surface area contributed by atoms with Gasteiger partial charge in [-0.3, -0.25) is 4.79 Å². The molecule has 0 fully saturated rings. The Bertz CT molecular complexity index is 1280. The molecule has 9 heteroatoms. The second-order valence-corrected chi connectivity index (χ2v) is 10.4. The van der Waals surface area contributed by atoms with E-state index < -0.39 is 30.4 Å². The number of aliphatic hydroxyl groups excluding tert-OH is 1. The van der Waals surface area contributed by atoms with Crippen molar-refractivity contribution in [1.82, 2.24) is 4.90 Å². The Morgan fingerprint density at radius 3 is 2.13 bits per heavy atom. The average Bonchev–Trinajstić information content (AvgIpc) is 2.89. The van der Waals surface area contributed by atoms with Gasteiger partial charge in [-0.1, -0.05) is 48.0 Å². The lowest BCUT2D eigenvalue weighted by atomic mass is 10.0. The van der Waals surface area contributed by atoms with Crippen molar-refractivity contribution in [3.63, 3.8) is 0 Å². The molecule has 3 rings (SSSR count). The fourth-order valence-electron chi connectivity index (χ4n) is 3.71. The van der Waals surface area contributed by atoms with Gasteiger partial charge in [0.15, 0.2) is 12.4 Å². The molecule has 3 aromatic carbocycles. The van der Waals surface area contributed by atoms with Gasteiger partial charge in [-0.15, -0.1) is 0 Å². The molecule has 1 amide bonds. The maximum atomic E-state index is 12.9. The van der Waals surface area contributed by atoms with Gasteiger partial charge in [0, 0.05) is 22.7 Å². The van der Waals surface area contributed by atoms with Crippen molar-refractivity contribution in [1.29, 1.82) is 0 Å². The summed E-state index contributed by atoms with van der Waals surface area (Å²) in [6.07, 6.45) is -1.01. The highest BCUT2D eigenvalue weighted by Crippen LogP contribution is 2.21. The van der Waals surface area contributed by atoms with Crippen molar-refractivity contribution >= 4 is 29.4 Å². The number of aliphatic carboxylic acids is 1. The summed E-state index contributed by atoms with van der Waals surface area (Å²) in [5, 5.41) is 20.0. The predicted octanol–water partition coefficient (Wildman–Crippen LogP) is 5.55. The molecule has 0 heterocycles. The number of carbonyl (C=O) groups excluding carboxylic acids is 2. The standard InChI is InChI=1S/C30H32ClNO7/c1-30(2,3)39-29(37)32(18-26(33)23-5-4-6-24(31)17-23)16-15-20-7-9-21(10-8-20)28(36)22-11-13-25(14-12-22)38-19-27(34)35/h4-14,17,26,33H,15-16,18-19H2,1-3H3,(H,34,35)/t26-/m0/s1. The number of carboxylic acid groups (broad SMARTS) is 1. The lowest BCUT2D eigenvalue weighted by Crippen LogP contribution is -2.40. The Kier molecular flexibility index (Phi) is 10.1. The summed E-state index contributed by atoms with van der Waals surface area (Å²) in [4.78, 5) is 37.8. The highest BCUT2D eigenvalue weighted by atomic mass is 35.5. The molecule has 0 saturated heterocycles. The predicted molar refractivity (Wildman–Crippen MR) is 147 cm³/mol. The van der Waals surface area contributed by atoms with Crippen molar-refractivity contribution in [3.8, 4) is 5.75 Å². The van der Waals surface area contributed by atoms with Gasteiger partial charge < -0.3 is 24.6 Å². The van der Waals surface area contributed by atoms with E-state index in [4.69, 9.17) is 26.2 Å². The minimum absolute atomic E-state index is 0.0258. The van der Waals surface area contributed by atoms with E-state index in [0.29, 0.717) is 33.9 Å². The third-order valence-electron chi connectivity index (χ3n) is 5.64. The van der Waals surface area contributed by atoms with Crippen LogP contribution in [0.3, 0.4) is 0 Å². The van der Waals surface area contributed by atoms with Crippen LogP contribution in [0.2, 0.25) is 5.02 Å². The Hall–Kier alpha value is -3.88. The maximum Gasteiger partial charge on any atom is 0.410 e. The Morgan fingerprint density at radius 1 is 0.949 bits per heavy atom. The van der Waals surface area contributed by atoms with Gasteiger partial charge in [-0.05, 0) is 74.7 Å². The minimum Gasteiger partial charge on any atom is -0.482 e. The molecule has 8 nitrogen and oxygen atoms in total. The summed E-state index contributed by atoms with van der Waals surface area (Å²) in [5.41, 5.74) is 1.73. The Labute approximate surface area is 232 Å². The second kappa shape index (κ2) is 13.3. The number of nitrogens with zero attached hydrogens (tertiary/aromatic N) is 1. The van der Waals surface area contributed by atoms with Gasteiger partial charge in [-0.2, -0.15) is 0 Å². The number of ketones is 1. The number of aliphatic hydroxyl groups is 1. The van der Waals surface area contributed by atoms with E-state index in [2.05, 4.69) is 0 Å². The van der Waals surface area contributed by atoms with Crippen LogP contribution in [0.4, 0.5) is 4.79 Å². The first-order valence-corrected chi connectivity index (χ1v) is 12.8. The van der Waals surface area contributed by atoms with Crippen LogP contribution in [-0.2, 0) is 16.0 Å². The molecule has 0 unspecified atom stereocenters. The van der Waals surface area contributed by atoms with Gasteiger partial charge in [0.1, 0.15) is 11.4 Å². The van der Waals surface area contributed by atoms with E-state index in [9.17, 15) is 19.5 Å². The van der Waals surface area contributed by atoms with E-state index >= 15 is 0 Å². The first kappa shape index (κ1) is 29.7. The first-order chi connectivity index (χ1) is 18.4. The van der Waals surface area contributed by atoms with Crippen molar-refractivity contribution < 1.29 is 34.1 Å². The van der Waals surface area contributed by atoms with Gasteiger partial charge in [0.2, 0.25) is 0 Å². The molecule has 0 radical (unpaired) electrons. The number of benzene rings is 3. The fraction of sp³-hybridized carbons (Fsp3) is 0.300. The molecule has 0 saturated carbocycles. The summed E-state index contributed by atoms with van der Waals surface area (Å²) < 4.78 is 10.6. The molecule has 0 spiro atoms. The summed E-state index contributed by atoms with van der Waals surface area (Å²) in [6, 6.07) is 20.2. The zero-order chi connectivity index (χ0) is 28.6. The number of halogens is 1. The number of carbonyl (C=O) groups is 3. The molecule has 0 aliphatic rings. The zero-order valence-electron chi connectivity index (χ0n) is 22.1. The van der Waals surface area contributed by atoms with Crippen LogP contribution in [0.25, 0.3) is 0 Å².